The molecule has 0 aliphatic carbocycles. The highest BCUT2D eigenvalue weighted by Crippen LogP contribution is 2.23. The Labute approximate surface area is 117 Å². The predicted molar refractivity (Wildman–Crippen MR) is 80.1 cm³/mol. The van der Waals surface area contributed by atoms with Crippen LogP contribution in [0.5, 0.6) is 0 Å². The van der Waals surface area contributed by atoms with Crippen molar-refractivity contribution in [3.8, 4) is 0 Å². The molecule has 1 atom stereocenters. The molecule has 0 aromatic heterocycles. The second-order valence-electron chi connectivity index (χ2n) is 6.17. The maximum atomic E-state index is 12.0. The molecule has 0 heterocycles. The van der Waals surface area contributed by atoms with Gasteiger partial charge in [-0.25, -0.2) is 0 Å². The molecule has 0 aliphatic heterocycles. The Balaban J connectivity index is 4.64. The van der Waals surface area contributed by atoms with Crippen molar-refractivity contribution in [1.82, 2.24) is 4.90 Å². The molecule has 0 rings (SSSR count). The predicted octanol–water partition coefficient (Wildman–Crippen LogP) is 3.01. The third-order valence-electron chi connectivity index (χ3n) is 3.36. The van der Waals surface area contributed by atoms with Gasteiger partial charge in [0.15, 0.2) is 11.6 Å². The van der Waals surface area contributed by atoms with Crippen LogP contribution >= 0.6 is 0 Å². The van der Waals surface area contributed by atoms with Gasteiger partial charge in [-0.1, -0.05) is 27.0 Å². The van der Waals surface area contributed by atoms with E-state index < -0.39 is 5.41 Å². The van der Waals surface area contributed by atoms with E-state index in [1.807, 2.05) is 32.7 Å². The lowest BCUT2D eigenvalue weighted by atomic mass is 9.84. The zero-order valence-corrected chi connectivity index (χ0v) is 13.2. The summed E-state index contributed by atoms with van der Waals surface area (Å²) in [7, 11) is 1.93. The Morgan fingerprint density at radius 3 is 2.00 bits per heavy atom. The monoisotopic (exact) mass is 265 g/mol. The summed E-state index contributed by atoms with van der Waals surface area (Å²) in [6.07, 6.45) is 0.434. The number of Topliss-reactive ketones (excluding diaryl/α,β-unsaturated/α-hetero) is 2. The summed E-state index contributed by atoms with van der Waals surface area (Å²) in [6.45, 7) is 17.2. The molecule has 0 aromatic rings. The van der Waals surface area contributed by atoms with Crippen LogP contribution in [0.3, 0.4) is 0 Å². The summed E-state index contributed by atoms with van der Waals surface area (Å²) < 4.78 is 0. The van der Waals surface area contributed by atoms with Crippen LogP contribution in [0.15, 0.2) is 24.3 Å². The smallest absolute Gasteiger partial charge is 0.164 e. The van der Waals surface area contributed by atoms with Crippen LogP contribution in [-0.4, -0.2) is 36.1 Å². The van der Waals surface area contributed by atoms with E-state index >= 15 is 0 Å². The molecule has 0 saturated heterocycles. The summed E-state index contributed by atoms with van der Waals surface area (Å²) >= 11 is 0. The number of hydrogen-bond donors (Lipinski definition) is 0. The van der Waals surface area contributed by atoms with Gasteiger partial charge in [0.05, 0.1) is 0 Å². The molecule has 0 aromatic carbocycles. The van der Waals surface area contributed by atoms with Crippen LogP contribution in [0.1, 0.15) is 41.0 Å². The molecule has 0 aliphatic rings. The van der Waals surface area contributed by atoms with E-state index in [0.717, 1.165) is 0 Å². The van der Waals surface area contributed by atoms with Crippen molar-refractivity contribution in [3.63, 3.8) is 0 Å². The average Bonchev–Trinajstić information content (AvgIpc) is 2.26. The number of nitrogens with zero attached hydrogens (tertiary/aromatic N) is 1. The first-order valence-electron chi connectivity index (χ1n) is 6.58. The van der Waals surface area contributed by atoms with Gasteiger partial charge < -0.3 is 4.90 Å². The minimum atomic E-state index is -0.485. The highest BCUT2D eigenvalue weighted by Gasteiger charge is 2.30. The number of rotatable bonds is 8. The van der Waals surface area contributed by atoms with E-state index in [1.54, 1.807) is 13.8 Å². The van der Waals surface area contributed by atoms with E-state index in [1.165, 1.54) is 0 Å². The van der Waals surface area contributed by atoms with Gasteiger partial charge in [0.25, 0.3) is 0 Å². The second kappa shape index (κ2) is 6.80. The van der Waals surface area contributed by atoms with E-state index in [9.17, 15) is 9.59 Å². The topological polar surface area (TPSA) is 37.4 Å². The lowest BCUT2D eigenvalue weighted by Gasteiger charge is -2.32. The van der Waals surface area contributed by atoms with Crippen LogP contribution in [0.25, 0.3) is 0 Å². The third-order valence-corrected chi connectivity index (χ3v) is 3.36. The summed E-state index contributed by atoms with van der Waals surface area (Å²) in [5, 5.41) is 0. The largest absolute Gasteiger partial charge is 0.302 e. The standard InChI is InChI=1S/C16H27NO2/c1-11(2)14(18)9-13(5)17(8)10-16(6,7)15(19)12(3)4/h13H,1,3,9-10H2,2,4-8H3. The van der Waals surface area contributed by atoms with Gasteiger partial charge in [-0.2, -0.15) is 0 Å². The summed E-state index contributed by atoms with van der Waals surface area (Å²) in [5.41, 5.74) is 0.669. The molecule has 0 bridgehead atoms. The fourth-order valence-corrected chi connectivity index (χ4v) is 2.03. The number of hydrogen-bond acceptors (Lipinski definition) is 3. The molecule has 0 radical (unpaired) electrons. The normalized spacial score (nSPS) is 13.2. The molecule has 19 heavy (non-hydrogen) atoms. The molecular weight excluding hydrogens is 238 g/mol. The molecule has 0 N–H and O–H groups in total. The van der Waals surface area contributed by atoms with Crippen LogP contribution in [-0.2, 0) is 9.59 Å². The van der Waals surface area contributed by atoms with Crippen molar-refractivity contribution in [3.05, 3.63) is 24.3 Å². The molecule has 0 spiro atoms. The van der Waals surface area contributed by atoms with E-state index in [2.05, 4.69) is 13.2 Å². The van der Waals surface area contributed by atoms with Crippen LogP contribution < -0.4 is 0 Å². The average molecular weight is 265 g/mol. The minimum Gasteiger partial charge on any atom is -0.302 e. The summed E-state index contributed by atoms with van der Waals surface area (Å²) in [5.74, 6) is 0.140. The fourth-order valence-electron chi connectivity index (χ4n) is 2.03. The highest BCUT2D eigenvalue weighted by atomic mass is 16.1. The highest BCUT2D eigenvalue weighted by molar-refractivity contribution is 5.98. The molecule has 0 saturated carbocycles. The number of ketones is 2. The quantitative estimate of drug-likeness (QED) is 0.633. The van der Waals surface area contributed by atoms with Crippen molar-refractivity contribution in [2.24, 2.45) is 5.41 Å². The van der Waals surface area contributed by atoms with Crippen molar-refractivity contribution in [1.29, 1.82) is 0 Å². The van der Waals surface area contributed by atoms with Gasteiger partial charge in [-0.3, -0.25) is 9.59 Å². The van der Waals surface area contributed by atoms with Gasteiger partial charge in [0.1, 0.15) is 0 Å². The van der Waals surface area contributed by atoms with E-state index in [4.69, 9.17) is 0 Å². The molecule has 0 amide bonds. The second-order valence-corrected chi connectivity index (χ2v) is 6.17. The van der Waals surface area contributed by atoms with Crippen molar-refractivity contribution in [2.75, 3.05) is 13.6 Å². The Kier molecular flexibility index (Phi) is 6.37. The molecule has 1 unspecified atom stereocenters. The van der Waals surface area contributed by atoms with Crippen molar-refractivity contribution in [2.45, 2.75) is 47.1 Å². The first-order valence-corrected chi connectivity index (χ1v) is 6.58. The minimum absolute atomic E-state index is 0.0674. The number of carbonyl (C=O) groups excluding carboxylic acids is 2. The molecule has 3 nitrogen and oxygen atoms in total. The lowest BCUT2D eigenvalue weighted by molar-refractivity contribution is -0.124. The third kappa shape index (κ3) is 5.52. The van der Waals surface area contributed by atoms with Gasteiger partial charge >= 0.3 is 0 Å². The van der Waals surface area contributed by atoms with Gasteiger partial charge in [0, 0.05) is 24.4 Å². The Bertz CT molecular complexity index is 394. The van der Waals surface area contributed by atoms with E-state index in [-0.39, 0.29) is 17.6 Å². The zero-order chi connectivity index (χ0) is 15.4. The van der Waals surface area contributed by atoms with Gasteiger partial charge in [-0.15, -0.1) is 0 Å². The molecule has 0 fully saturated rings. The van der Waals surface area contributed by atoms with Gasteiger partial charge in [0.2, 0.25) is 0 Å². The lowest BCUT2D eigenvalue weighted by Crippen LogP contribution is -2.42. The molecule has 108 valence electrons. The van der Waals surface area contributed by atoms with Gasteiger partial charge in [-0.05, 0) is 39.0 Å². The van der Waals surface area contributed by atoms with Crippen LogP contribution in [0, 0.1) is 5.41 Å². The van der Waals surface area contributed by atoms with Crippen molar-refractivity contribution < 1.29 is 9.59 Å². The Morgan fingerprint density at radius 2 is 1.63 bits per heavy atom. The first-order chi connectivity index (χ1) is 8.49. The SMILES string of the molecule is C=C(C)C(=O)CC(C)N(C)CC(C)(C)C(=O)C(=C)C. The number of allylic oxidation sites excluding steroid dienone is 2. The fraction of sp³-hybridized carbons (Fsp3) is 0.625. The maximum absolute atomic E-state index is 12.0. The Hall–Kier alpha value is -1.22. The van der Waals surface area contributed by atoms with Crippen LogP contribution in [0.4, 0.5) is 0 Å². The van der Waals surface area contributed by atoms with Crippen molar-refractivity contribution >= 4 is 11.6 Å². The first kappa shape index (κ1) is 17.8. The number of carbonyl (C=O) groups is 2. The molecular formula is C16H27NO2. The summed E-state index contributed by atoms with van der Waals surface area (Å²) in [6, 6.07) is 0.0846. The molecule has 3 heteroatoms. The van der Waals surface area contributed by atoms with E-state index in [0.29, 0.717) is 24.1 Å². The summed E-state index contributed by atoms with van der Waals surface area (Å²) in [4.78, 5) is 25.7. The maximum Gasteiger partial charge on any atom is 0.164 e. The Morgan fingerprint density at radius 1 is 1.16 bits per heavy atom. The zero-order valence-electron chi connectivity index (χ0n) is 13.2. The van der Waals surface area contributed by atoms with Crippen LogP contribution in [0.2, 0.25) is 0 Å².